The van der Waals surface area contributed by atoms with E-state index in [0.29, 0.717) is 41.9 Å². The number of fused-ring (bicyclic) bond motifs is 1. The molecule has 2 aromatic carbocycles. The topological polar surface area (TPSA) is 127 Å². The van der Waals surface area contributed by atoms with Crippen LogP contribution in [0.5, 0.6) is 0 Å². The first-order valence-corrected chi connectivity index (χ1v) is 16.2. The van der Waals surface area contributed by atoms with Crippen LogP contribution in [0.2, 0.25) is 0 Å². The number of aliphatic hydroxyl groups is 2. The van der Waals surface area contributed by atoms with Gasteiger partial charge in [0.25, 0.3) is 0 Å². The predicted octanol–water partition coefficient (Wildman–Crippen LogP) is 4.64. The summed E-state index contributed by atoms with van der Waals surface area (Å²) in [6.45, 7) is 5.91. The van der Waals surface area contributed by atoms with Crippen molar-refractivity contribution in [3.05, 3.63) is 83.9 Å². The van der Waals surface area contributed by atoms with Gasteiger partial charge in [-0.1, -0.05) is 74.5 Å². The molecule has 4 N–H and O–H groups in total. The fourth-order valence-electron chi connectivity index (χ4n) is 6.83. The molecule has 0 radical (unpaired) electrons. The van der Waals surface area contributed by atoms with E-state index in [2.05, 4.69) is 78.0 Å². The summed E-state index contributed by atoms with van der Waals surface area (Å²) in [5.41, 5.74) is 3.52. The van der Waals surface area contributed by atoms with Crippen LogP contribution in [-0.2, 0) is 16.0 Å². The molecule has 0 bridgehead atoms. The molecule has 3 heterocycles. The number of aliphatic hydroxyl groups excluding tert-OH is 2. The average Bonchev–Trinajstić information content (AvgIpc) is 3.61. The lowest BCUT2D eigenvalue weighted by molar-refractivity contribution is -0.0580. The number of aromatic nitrogens is 4. The fraction of sp³-hybridized carbons (Fsp3) is 0.514. The van der Waals surface area contributed by atoms with Crippen LogP contribution in [0.15, 0.2) is 67.0 Å². The second-order valence-electron chi connectivity index (χ2n) is 12.8. The van der Waals surface area contributed by atoms with E-state index in [0.717, 1.165) is 24.7 Å². The van der Waals surface area contributed by atoms with Gasteiger partial charge in [0.1, 0.15) is 24.1 Å². The number of nitrogens with one attached hydrogen (secondary N) is 2. The zero-order valence-electron chi connectivity index (χ0n) is 26.4. The van der Waals surface area contributed by atoms with Gasteiger partial charge in [-0.3, -0.25) is 4.57 Å². The highest BCUT2D eigenvalue weighted by Crippen LogP contribution is 2.34. The number of rotatable bonds is 12. The molecule has 0 spiro atoms. The number of imidazole rings is 1. The predicted molar refractivity (Wildman–Crippen MR) is 174 cm³/mol. The number of nitrogens with zero attached hydrogens (tertiary/aromatic N) is 4. The fourth-order valence-corrected chi connectivity index (χ4v) is 6.83. The van der Waals surface area contributed by atoms with Crippen LogP contribution in [0.3, 0.4) is 0 Å². The van der Waals surface area contributed by atoms with Crippen molar-refractivity contribution < 1.29 is 19.7 Å². The Morgan fingerprint density at radius 2 is 1.60 bits per heavy atom. The SMILES string of the molecule is COC[C@H]1O[C@@H](n2cnc3c(NCC(c4ccccc4)c4ccccc4)nc(CNC4CCC(C(C)C)CC4)nc32)[C@H](O)[C@@H]1O. The number of methoxy groups -OCH3 is 1. The Morgan fingerprint density at radius 3 is 2.22 bits per heavy atom. The molecule has 2 fully saturated rings. The van der Waals surface area contributed by atoms with E-state index in [4.69, 9.17) is 19.4 Å². The van der Waals surface area contributed by atoms with Gasteiger partial charge in [0, 0.05) is 25.6 Å². The second kappa shape index (κ2) is 14.3. The van der Waals surface area contributed by atoms with Gasteiger partial charge in [-0.25, -0.2) is 15.0 Å². The van der Waals surface area contributed by atoms with Gasteiger partial charge < -0.3 is 30.3 Å². The smallest absolute Gasteiger partial charge is 0.168 e. The van der Waals surface area contributed by atoms with E-state index in [1.807, 2.05) is 12.1 Å². The van der Waals surface area contributed by atoms with Gasteiger partial charge in [0.05, 0.1) is 19.5 Å². The molecule has 6 rings (SSSR count). The van der Waals surface area contributed by atoms with Crippen molar-refractivity contribution in [3.63, 3.8) is 0 Å². The molecule has 10 nitrogen and oxygen atoms in total. The molecule has 0 amide bonds. The number of benzene rings is 2. The minimum atomic E-state index is -1.16. The molecule has 0 unspecified atom stereocenters. The number of ether oxygens (including phenoxy) is 2. The Kier molecular flexibility index (Phi) is 10.1. The third-order valence-corrected chi connectivity index (χ3v) is 9.55. The molecule has 1 aliphatic carbocycles. The normalized spacial score (nSPS) is 25.4. The van der Waals surface area contributed by atoms with Gasteiger partial charge in [-0.15, -0.1) is 0 Å². The molecule has 1 saturated heterocycles. The summed E-state index contributed by atoms with van der Waals surface area (Å²) in [7, 11) is 1.54. The van der Waals surface area contributed by atoms with Crippen molar-refractivity contribution in [1.29, 1.82) is 0 Å². The summed E-state index contributed by atoms with van der Waals surface area (Å²) in [6, 6.07) is 21.3. The van der Waals surface area contributed by atoms with Crippen molar-refractivity contribution in [2.45, 2.75) is 82.6 Å². The Balaban J connectivity index is 1.29. The Labute approximate surface area is 265 Å². The highest BCUT2D eigenvalue weighted by atomic mass is 16.6. The summed E-state index contributed by atoms with van der Waals surface area (Å²) in [4.78, 5) is 14.6. The van der Waals surface area contributed by atoms with E-state index in [1.54, 1.807) is 18.0 Å². The van der Waals surface area contributed by atoms with Crippen molar-refractivity contribution >= 4 is 17.0 Å². The molecule has 4 atom stereocenters. The molecule has 2 aromatic heterocycles. The summed E-state index contributed by atoms with van der Waals surface area (Å²) < 4.78 is 13.0. The largest absolute Gasteiger partial charge is 0.387 e. The molecule has 2 aliphatic rings. The minimum absolute atomic E-state index is 0.0853. The molecule has 10 heteroatoms. The summed E-state index contributed by atoms with van der Waals surface area (Å²) in [5, 5.41) is 28.9. The van der Waals surface area contributed by atoms with E-state index >= 15 is 0 Å². The van der Waals surface area contributed by atoms with Crippen molar-refractivity contribution in [2.75, 3.05) is 25.6 Å². The third-order valence-electron chi connectivity index (χ3n) is 9.55. The van der Waals surface area contributed by atoms with Crippen LogP contribution in [0.25, 0.3) is 11.2 Å². The number of hydrogen-bond acceptors (Lipinski definition) is 9. The Morgan fingerprint density at radius 1 is 0.933 bits per heavy atom. The van der Waals surface area contributed by atoms with Gasteiger partial charge in [0.2, 0.25) is 0 Å². The maximum absolute atomic E-state index is 10.9. The van der Waals surface area contributed by atoms with Crippen LogP contribution in [0, 0.1) is 11.8 Å². The third kappa shape index (κ3) is 7.05. The van der Waals surface area contributed by atoms with Gasteiger partial charge in [-0.2, -0.15) is 0 Å². The van der Waals surface area contributed by atoms with Crippen molar-refractivity contribution in [2.24, 2.45) is 11.8 Å². The summed E-state index contributed by atoms with van der Waals surface area (Å²) in [6.07, 6.45) is 2.59. The van der Waals surface area contributed by atoms with Gasteiger partial charge in [-0.05, 0) is 48.6 Å². The first kappa shape index (κ1) is 31.6. The maximum Gasteiger partial charge on any atom is 0.168 e. The summed E-state index contributed by atoms with van der Waals surface area (Å²) in [5.74, 6) is 2.85. The van der Waals surface area contributed by atoms with Crippen LogP contribution in [-0.4, -0.2) is 74.3 Å². The lowest BCUT2D eigenvalue weighted by Gasteiger charge is -2.31. The van der Waals surface area contributed by atoms with E-state index in [1.165, 1.54) is 24.0 Å². The monoisotopic (exact) mass is 614 g/mol. The lowest BCUT2D eigenvalue weighted by atomic mass is 9.80. The van der Waals surface area contributed by atoms with Crippen molar-refractivity contribution in [1.82, 2.24) is 24.8 Å². The van der Waals surface area contributed by atoms with E-state index in [9.17, 15) is 10.2 Å². The zero-order chi connectivity index (χ0) is 31.3. The first-order chi connectivity index (χ1) is 21.9. The van der Waals surface area contributed by atoms with Crippen molar-refractivity contribution in [3.8, 4) is 0 Å². The Hall–Kier alpha value is -3.41. The maximum atomic E-state index is 10.9. The van der Waals surface area contributed by atoms with Gasteiger partial charge in [0.15, 0.2) is 23.2 Å². The summed E-state index contributed by atoms with van der Waals surface area (Å²) >= 11 is 0. The molecular formula is C35H46N6O4. The highest BCUT2D eigenvalue weighted by Gasteiger charge is 2.44. The van der Waals surface area contributed by atoms with Crippen LogP contribution in [0.4, 0.5) is 5.82 Å². The Bertz CT molecular complexity index is 1470. The average molecular weight is 615 g/mol. The quantitative estimate of drug-likeness (QED) is 0.181. The first-order valence-electron chi connectivity index (χ1n) is 16.2. The van der Waals surface area contributed by atoms with Crippen LogP contribution < -0.4 is 10.6 Å². The lowest BCUT2D eigenvalue weighted by Crippen LogP contribution is -2.34. The van der Waals surface area contributed by atoms with E-state index < -0.39 is 24.5 Å². The zero-order valence-corrected chi connectivity index (χ0v) is 26.4. The molecule has 45 heavy (non-hydrogen) atoms. The second-order valence-corrected chi connectivity index (χ2v) is 12.8. The molecule has 1 saturated carbocycles. The van der Waals surface area contributed by atoms with Crippen LogP contribution in [0.1, 0.15) is 68.6 Å². The minimum Gasteiger partial charge on any atom is -0.387 e. The molecule has 1 aliphatic heterocycles. The number of anilines is 1. The standard InChI is InChI=1S/C35H46N6O4/c1-22(2)23-14-16-26(17-15-23)36-19-29-39-33(37-18-27(24-10-6-4-7-11-24)25-12-8-5-9-13-25)30-34(40-29)41(21-38-30)35-32(43)31(42)28(45-35)20-44-3/h4-13,21-23,26-28,31-32,35-36,42-43H,14-20H2,1-3H3,(H,37,39,40)/t23?,26?,28-,31-,32-,35-/m1/s1. The number of hydrogen-bond donors (Lipinski definition) is 4. The molecule has 4 aromatic rings. The molecule has 240 valence electrons. The molecular weight excluding hydrogens is 568 g/mol. The van der Waals surface area contributed by atoms with Gasteiger partial charge >= 0.3 is 0 Å². The van der Waals surface area contributed by atoms with Crippen LogP contribution >= 0.6 is 0 Å². The van der Waals surface area contributed by atoms with E-state index in [-0.39, 0.29) is 12.5 Å². The highest BCUT2D eigenvalue weighted by molar-refractivity contribution is 5.83.